The van der Waals surface area contributed by atoms with Crippen molar-refractivity contribution >= 4 is 16.9 Å². The Morgan fingerprint density at radius 3 is 2.56 bits per heavy atom. The maximum Gasteiger partial charge on any atom is 0.161 e. The first-order valence-corrected chi connectivity index (χ1v) is 5.54. The average Bonchev–Trinajstić information content (AvgIpc) is 2.41. The summed E-state index contributed by atoms with van der Waals surface area (Å²) in [5.74, 6) is 1.10. The van der Waals surface area contributed by atoms with Gasteiger partial charge < -0.3 is 5.73 Å². The molecule has 0 fully saturated rings. The molecule has 2 heterocycles. The topological polar surface area (TPSA) is 77.6 Å². The number of anilines is 1. The van der Waals surface area contributed by atoms with Crippen molar-refractivity contribution in [2.75, 3.05) is 5.73 Å². The lowest BCUT2D eigenvalue weighted by Crippen LogP contribution is -1.98. The lowest BCUT2D eigenvalue weighted by atomic mass is 10.1. The fraction of sp³-hybridized carbons (Fsp3) is 0.0769. The number of nitrogen functional groups attached to an aromatic ring is 1. The first-order valence-electron chi connectivity index (χ1n) is 5.54. The minimum absolute atomic E-state index is 0.499. The van der Waals surface area contributed by atoms with Crippen LogP contribution in [0.25, 0.3) is 22.4 Å². The lowest BCUT2D eigenvalue weighted by molar-refractivity contribution is 1.15. The number of aryl methyl sites for hydroxylation is 1. The zero-order chi connectivity index (χ0) is 12.5. The molecular weight excluding hydrogens is 226 g/mol. The summed E-state index contributed by atoms with van der Waals surface area (Å²) in [7, 11) is 0. The van der Waals surface area contributed by atoms with Gasteiger partial charge in [0.15, 0.2) is 5.82 Å². The molecule has 0 aliphatic heterocycles. The van der Waals surface area contributed by atoms with E-state index < -0.39 is 0 Å². The molecule has 0 bridgehead atoms. The Hall–Kier alpha value is -2.56. The predicted octanol–water partition coefficient (Wildman–Crippen LogP) is 1.98. The lowest BCUT2D eigenvalue weighted by Gasteiger charge is -2.04. The normalized spacial score (nSPS) is 10.7. The Morgan fingerprint density at radius 2 is 1.78 bits per heavy atom. The molecule has 0 atom stereocenters. The number of aromatic nitrogens is 4. The summed E-state index contributed by atoms with van der Waals surface area (Å²) in [6.07, 6.45) is 5.05. The van der Waals surface area contributed by atoms with Crippen LogP contribution >= 0.6 is 0 Å². The summed E-state index contributed by atoms with van der Waals surface area (Å²) in [5.41, 5.74) is 9.22. The van der Waals surface area contributed by atoms with Gasteiger partial charge in [0.05, 0.1) is 11.0 Å². The third-order valence-electron chi connectivity index (χ3n) is 2.74. The van der Waals surface area contributed by atoms with Gasteiger partial charge in [0, 0.05) is 29.7 Å². The van der Waals surface area contributed by atoms with E-state index in [0.717, 1.165) is 22.2 Å². The summed E-state index contributed by atoms with van der Waals surface area (Å²) in [6, 6.07) is 5.73. The molecule has 3 rings (SSSR count). The van der Waals surface area contributed by atoms with E-state index in [4.69, 9.17) is 5.73 Å². The van der Waals surface area contributed by atoms with E-state index in [-0.39, 0.29) is 0 Å². The zero-order valence-corrected chi connectivity index (χ0v) is 9.83. The average molecular weight is 237 g/mol. The maximum atomic E-state index is 5.79. The molecule has 0 radical (unpaired) electrons. The molecule has 3 aromatic rings. The number of nitrogens with two attached hydrogens (primary N) is 1. The summed E-state index contributed by atoms with van der Waals surface area (Å²) in [5, 5.41) is 0. The number of hydrogen-bond acceptors (Lipinski definition) is 5. The van der Waals surface area contributed by atoms with Gasteiger partial charge in [0.2, 0.25) is 0 Å². The van der Waals surface area contributed by atoms with Gasteiger partial charge in [-0.05, 0) is 25.1 Å². The van der Waals surface area contributed by atoms with Crippen LogP contribution in [0.1, 0.15) is 5.56 Å². The number of benzene rings is 1. The Balaban J connectivity index is 2.16. The Labute approximate surface area is 104 Å². The molecule has 0 unspecified atom stereocenters. The minimum Gasteiger partial charge on any atom is -0.383 e. The summed E-state index contributed by atoms with van der Waals surface area (Å²) in [4.78, 5) is 17.0. The summed E-state index contributed by atoms with van der Waals surface area (Å²) in [6.45, 7) is 1.88. The molecule has 0 saturated heterocycles. The Bertz CT molecular complexity index is 723. The molecule has 2 aromatic heterocycles. The van der Waals surface area contributed by atoms with E-state index in [1.807, 2.05) is 25.1 Å². The van der Waals surface area contributed by atoms with E-state index in [2.05, 4.69) is 19.9 Å². The van der Waals surface area contributed by atoms with Crippen LogP contribution in [-0.2, 0) is 0 Å². The van der Waals surface area contributed by atoms with Crippen molar-refractivity contribution in [1.82, 2.24) is 19.9 Å². The molecule has 1 aromatic carbocycles. The molecule has 5 nitrogen and oxygen atoms in total. The van der Waals surface area contributed by atoms with Crippen LogP contribution in [0.5, 0.6) is 0 Å². The fourth-order valence-electron chi connectivity index (χ4n) is 1.70. The molecule has 0 saturated carbocycles. The van der Waals surface area contributed by atoms with E-state index >= 15 is 0 Å². The monoisotopic (exact) mass is 237 g/mol. The Kier molecular flexibility index (Phi) is 2.37. The van der Waals surface area contributed by atoms with Crippen LogP contribution in [0.4, 0.5) is 5.82 Å². The van der Waals surface area contributed by atoms with Crippen LogP contribution in [0.15, 0.2) is 36.8 Å². The second kappa shape index (κ2) is 4.03. The fourth-order valence-corrected chi connectivity index (χ4v) is 1.70. The first kappa shape index (κ1) is 10.6. The summed E-state index contributed by atoms with van der Waals surface area (Å²) < 4.78 is 0. The van der Waals surface area contributed by atoms with Crippen LogP contribution < -0.4 is 5.73 Å². The van der Waals surface area contributed by atoms with Gasteiger partial charge in [0.25, 0.3) is 0 Å². The standard InChI is InChI=1S/C13H11N5/c1-8-7-17-13(18-12(8)14)9-2-3-10-11(6-9)16-5-4-15-10/h2-7H,1H3,(H2,14,17,18). The predicted molar refractivity (Wildman–Crippen MR) is 69.7 cm³/mol. The zero-order valence-electron chi connectivity index (χ0n) is 9.83. The van der Waals surface area contributed by atoms with E-state index in [1.54, 1.807) is 18.6 Å². The van der Waals surface area contributed by atoms with Crippen molar-refractivity contribution in [3.63, 3.8) is 0 Å². The highest BCUT2D eigenvalue weighted by molar-refractivity contribution is 5.79. The van der Waals surface area contributed by atoms with E-state index in [1.165, 1.54) is 0 Å². The van der Waals surface area contributed by atoms with Crippen LogP contribution in [0.3, 0.4) is 0 Å². The molecule has 0 aliphatic carbocycles. The largest absolute Gasteiger partial charge is 0.383 e. The number of rotatable bonds is 1. The van der Waals surface area contributed by atoms with Crippen LogP contribution in [-0.4, -0.2) is 19.9 Å². The molecular formula is C13H11N5. The van der Waals surface area contributed by atoms with Crippen molar-refractivity contribution in [2.24, 2.45) is 0 Å². The quantitative estimate of drug-likeness (QED) is 0.700. The Morgan fingerprint density at radius 1 is 1.00 bits per heavy atom. The third kappa shape index (κ3) is 1.75. The third-order valence-corrected chi connectivity index (χ3v) is 2.74. The highest BCUT2D eigenvalue weighted by Crippen LogP contribution is 2.20. The second-order valence-electron chi connectivity index (χ2n) is 4.02. The van der Waals surface area contributed by atoms with Crippen molar-refractivity contribution in [1.29, 1.82) is 0 Å². The number of fused-ring (bicyclic) bond motifs is 1. The molecule has 5 heteroatoms. The van der Waals surface area contributed by atoms with Crippen LogP contribution in [0.2, 0.25) is 0 Å². The van der Waals surface area contributed by atoms with Crippen molar-refractivity contribution in [3.8, 4) is 11.4 Å². The van der Waals surface area contributed by atoms with Gasteiger partial charge >= 0.3 is 0 Å². The SMILES string of the molecule is Cc1cnc(-c2ccc3nccnc3c2)nc1N. The molecule has 0 aliphatic rings. The van der Waals surface area contributed by atoms with Gasteiger partial charge in [-0.3, -0.25) is 9.97 Å². The van der Waals surface area contributed by atoms with Gasteiger partial charge in [-0.2, -0.15) is 0 Å². The molecule has 18 heavy (non-hydrogen) atoms. The summed E-state index contributed by atoms with van der Waals surface area (Å²) >= 11 is 0. The van der Waals surface area contributed by atoms with Gasteiger partial charge in [-0.1, -0.05) is 0 Å². The van der Waals surface area contributed by atoms with Crippen LogP contribution in [0, 0.1) is 6.92 Å². The smallest absolute Gasteiger partial charge is 0.161 e. The van der Waals surface area contributed by atoms with Crippen molar-refractivity contribution < 1.29 is 0 Å². The minimum atomic E-state index is 0.499. The van der Waals surface area contributed by atoms with E-state index in [0.29, 0.717) is 11.6 Å². The maximum absolute atomic E-state index is 5.79. The molecule has 88 valence electrons. The van der Waals surface area contributed by atoms with Gasteiger partial charge in [0.1, 0.15) is 5.82 Å². The van der Waals surface area contributed by atoms with Crippen molar-refractivity contribution in [2.45, 2.75) is 6.92 Å². The number of nitrogens with zero attached hydrogens (tertiary/aromatic N) is 4. The first-order chi connectivity index (χ1) is 8.74. The second-order valence-corrected chi connectivity index (χ2v) is 4.02. The van der Waals surface area contributed by atoms with Crippen molar-refractivity contribution in [3.05, 3.63) is 42.4 Å². The molecule has 0 spiro atoms. The number of hydrogen-bond donors (Lipinski definition) is 1. The van der Waals surface area contributed by atoms with Gasteiger partial charge in [-0.15, -0.1) is 0 Å². The van der Waals surface area contributed by atoms with E-state index in [9.17, 15) is 0 Å². The molecule has 0 amide bonds. The molecule has 2 N–H and O–H groups in total. The van der Waals surface area contributed by atoms with Gasteiger partial charge in [-0.25, -0.2) is 9.97 Å². The highest BCUT2D eigenvalue weighted by Gasteiger charge is 2.05. The highest BCUT2D eigenvalue weighted by atomic mass is 14.9.